The molecule has 0 spiro atoms. The molecule has 2 heterocycles. The summed E-state index contributed by atoms with van der Waals surface area (Å²) in [5, 5.41) is 5.03. The molecule has 0 saturated heterocycles. The molecule has 8 aromatic carbocycles. The number of benzene rings is 8. The van der Waals surface area contributed by atoms with E-state index in [1.54, 1.807) is 0 Å². The van der Waals surface area contributed by atoms with Crippen LogP contribution in [0.5, 0.6) is 0 Å². The van der Waals surface area contributed by atoms with Gasteiger partial charge < -0.3 is 9.13 Å². The maximum absolute atomic E-state index is 2.49. The van der Waals surface area contributed by atoms with Crippen LogP contribution in [0.4, 0.5) is 0 Å². The second kappa shape index (κ2) is 10.4. The number of rotatable bonds is 2. The molecular formula is C48H30N2. The summed E-state index contributed by atoms with van der Waals surface area (Å²) in [6, 6.07) is 66.9. The van der Waals surface area contributed by atoms with Crippen molar-refractivity contribution < 1.29 is 0 Å². The summed E-state index contributed by atoms with van der Waals surface area (Å²) in [7, 11) is 0. The van der Waals surface area contributed by atoms with E-state index < -0.39 is 0 Å². The Morgan fingerprint density at radius 1 is 0.260 bits per heavy atom. The van der Waals surface area contributed by atoms with E-state index in [0.717, 1.165) is 5.69 Å². The van der Waals surface area contributed by atoms with Gasteiger partial charge in [-0.2, -0.15) is 0 Å². The SMILES string of the molecule is c1ccc2c(c1)-c1ccccc1-c1cccc(-n3c4ccccc4c4cc(-n5c6ccccc6c6ccccc65)ccc43)c1-c1ccccc1-2. The lowest BCUT2D eigenvalue weighted by atomic mass is 9.80. The van der Waals surface area contributed by atoms with Gasteiger partial charge in [-0.15, -0.1) is 0 Å². The summed E-state index contributed by atoms with van der Waals surface area (Å²) in [5.74, 6) is 0. The van der Waals surface area contributed by atoms with E-state index in [2.05, 4.69) is 191 Å². The monoisotopic (exact) mass is 634 g/mol. The third kappa shape index (κ3) is 3.73. The Labute approximate surface area is 289 Å². The maximum Gasteiger partial charge on any atom is 0.0547 e. The van der Waals surface area contributed by atoms with E-state index in [4.69, 9.17) is 0 Å². The van der Waals surface area contributed by atoms with Crippen molar-refractivity contribution in [1.29, 1.82) is 0 Å². The fraction of sp³-hybridized carbons (Fsp3) is 0. The minimum Gasteiger partial charge on any atom is -0.309 e. The molecule has 1 aliphatic rings. The first-order chi connectivity index (χ1) is 24.8. The molecule has 2 heteroatoms. The highest BCUT2D eigenvalue weighted by Gasteiger charge is 2.25. The quantitative estimate of drug-likeness (QED) is 0.179. The highest BCUT2D eigenvalue weighted by Crippen LogP contribution is 2.50. The van der Waals surface area contributed by atoms with E-state index in [9.17, 15) is 0 Å². The van der Waals surface area contributed by atoms with E-state index in [-0.39, 0.29) is 0 Å². The highest BCUT2D eigenvalue weighted by molar-refractivity contribution is 6.13. The van der Waals surface area contributed by atoms with Crippen molar-refractivity contribution in [3.05, 3.63) is 182 Å². The largest absolute Gasteiger partial charge is 0.309 e. The first-order valence-electron chi connectivity index (χ1n) is 17.3. The average molecular weight is 635 g/mol. The van der Waals surface area contributed by atoms with Crippen molar-refractivity contribution in [3.63, 3.8) is 0 Å². The number of fused-ring (bicyclic) bond motifs is 14. The molecule has 1 aliphatic carbocycles. The summed E-state index contributed by atoms with van der Waals surface area (Å²) in [5.41, 5.74) is 17.2. The summed E-state index contributed by atoms with van der Waals surface area (Å²) >= 11 is 0. The first-order valence-corrected chi connectivity index (χ1v) is 17.3. The van der Waals surface area contributed by atoms with Gasteiger partial charge in [0.2, 0.25) is 0 Å². The molecule has 232 valence electrons. The lowest BCUT2D eigenvalue weighted by molar-refractivity contribution is 1.17. The normalized spacial score (nSPS) is 12.0. The van der Waals surface area contributed by atoms with Gasteiger partial charge in [-0.25, -0.2) is 0 Å². The Kier molecular flexibility index (Phi) is 5.70. The van der Waals surface area contributed by atoms with Gasteiger partial charge >= 0.3 is 0 Å². The van der Waals surface area contributed by atoms with Crippen molar-refractivity contribution in [1.82, 2.24) is 9.13 Å². The van der Waals surface area contributed by atoms with Gasteiger partial charge in [-0.05, 0) is 81.4 Å². The Balaban J connectivity index is 1.24. The van der Waals surface area contributed by atoms with Crippen molar-refractivity contribution in [3.8, 4) is 55.9 Å². The van der Waals surface area contributed by atoms with Crippen LogP contribution in [0.3, 0.4) is 0 Å². The average Bonchev–Trinajstić information content (AvgIpc) is 3.70. The minimum atomic E-state index is 1.16. The smallest absolute Gasteiger partial charge is 0.0547 e. The molecule has 2 nitrogen and oxygen atoms in total. The molecule has 50 heavy (non-hydrogen) atoms. The van der Waals surface area contributed by atoms with Crippen molar-refractivity contribution in [2.45, 2.75) is 0 Å². The van der Waals surface area contributed by atoms with E-state index in [0.29, 0.717) is 0 Å². The van der Waals surface area contributed by atoms with E-state index in [1.807, 2.05) is 0 Å². The molecule has 0 unspecified atom stereocenters. The third-order valence-corrected chi connectivity index (χ3v) is 10.7. The molecule has 10 aromatic rings. The van der Waals surface area contributed by atoms with Gasteiger partial charge in [0.25, 0.3) is 0 Å². The fourth-order valence-electron chi connectivity index (χ4n) is 8.64. The summed E-state index contributed by atoms with van der Waals surface area (Å²) in [4.78, 5) is 0. The zero-order valence-electron chi connectivity index (χ0n) is 27.2. The van der Waals surface area contributed by atoms with Crippen LogP contribution in [-0.2, 0) is 0 Å². The van der Waals surface area contributed by atoms with Gasteiger partial charge in [0.05, 0.1) is 27.8 Å². The number of para-hydroxylation sites is 3. The second-order valence-electron chi connectivity index (χ2n) is 13.3. The molecule has 0 radical (unpaired) electrons. The molecule has 0 aliphatic heterocycles. The molecule has 2 aromatic heterocycles. The van der Waals surface area contributed by atoms with Crippen LogP contribution in [-0.4, -0.2) is 9.13 Å². The third-order valence-electron chi connectivity index (χ3n) is 10.7. The maximum atomic E-state index is 2.49. The Morgan fingerprint density at radius 2 is 0.660 bits per heavy atom. The van der Waals surface area contributed by atoms with Gasteiger partial charge in [-0.1, -0.05) is 140 Å². The summed E-state index contributed by atoms with van der Waals surface area (Å²) < 4.78 is 4.91. The Bertz CT molecular complexity index is 2930. The predicted molar refractivity (Wildman–Crippen MR) is 210 cm³/mol. The van der Waals surface area contributed by atoms with Crippen LogP contribution in [0.2, 0.25) is 0 Å². The molecule has 0 saturated carbocycles. The van der Waals surface area contributed by atoms with E-state index >= 15 is 0 Å². The predicted octanol–water partition coefficient (Wildman–Crippen LogP) is 12.9. The van der Waals surface area contributed by atoms with Crippen LogP contribution < -0.4 is 0 Å². The van der Waals surface area contributed by atoms with Gasteiger partial charge in [-0.3, -0.25) is 0 Å². The van der Waals surface area contributed by atoms with E-state index in [1.165, 1.54) is 93.8 Å². The number of aromatic nitrogens is 2. The van der Waals surface area contributed by atoms with Crippen LogP contribution in [0.15, 0.2) is 182 Å². The second-order valence-corrected chi connectivity index (χ2v) is 13.3. The number of nitrogens with zero attached hydrogens (tertiary/aromatic N) is 2. The van der Waals surface area contributed by atoms with Crippen molar-refractivity contribution in [2.75, 3.05) is 0 Å². The number of hydrogen-bond acceptors (Lipinski definition) is 0. The Morgan fingerprint density at radius 3 is 1.24 bits per heavy atom. The topological polar surface area (TPSA) is 9.86 Å². The fourth-order valence-corrected chi connectivity index (χ4v) is 8.64. The Hall–Kier alpha value is -6.64. The molecule has 0 N–H and O–H groups in total. The standard InChI is InChI=1S/C48H30N2/c1-2-15-33-32(14-1)34-16-3-4-17-36(34)41-23-13-27-47(48(41)40-22-6-5-18-35(33)40)50-45-26-12-9-21-39(45)42-30-31(28-29-46(42)50)49-43-24-10-7-19-37(43)38-20-8-11-25-44(38)49/h1-30H. The van der Waals surface area contributed by atoms with Gasteiger partial charge in [0, 0.05) is 32.8 Å². The lowest BCUT2D eigenvalue weighted by Gasteiger charge is -2.25. The molecule has 0 amide bonds. The lowest BCUT2D eigenvalue weighted by Crippen LogP contribution is -2.03. The molecule has 0 bridgehead atoms. The minimum absolute atomic E-state index is 1.16. The summed E-state index contributed by atoms with van der Waals surface area (Å²) in [6.45, 7) is 0. The molecule has 0 atom stereocenters. The zero-order chi connectivity index (χ0) is 32.8. The first kappa shape index (κ1) is 27.3. The van der Waals surface area contributed by atoms with Crippen LogP contribution >= 0.6 is 0 Å². The van der Waals surface area contributed by atoms with Crippen LogP contribution in [0.25, 0.3) is 99.5 Å². The molecular weight excluding hydrogens is 605 g/mol. The number of hydrogen-bond donors (Lipinski definition) is 0. The summed E-state index contributed by atoms with van der Waals surface area (Å²) in [6.07, 6.45) is 0. The van der Waals surface area contributed by atoms with Crippen molar-refractivity contribution >= 4 is 43.6 Å². The zero-order valence-corrected chi connectivity index (χ0v) is 27.2. The highest BCUT2D eigenvalue weighted by atomic mass is 15.0. The molecule has 0 fully saturated rings. The van der Waals surface area contributed by atoms with Crippen LogP contribution in [0, 0.1) is 0 Å². The van der Waals surface area contributed by atoms with Gasteiger partial charge in [0.15, 0.2) is 0 Å². The van der Waals surface area contributed by atoms with Crippen LogP contribution in [0.1, 0.15) is 0 Å². The van der Waals surface area contributed by atoms with Gasteiger partial charge in [0.1, 0.15) is 0 Å². The molecule has 11 rings (SSSR count). The van der Waals surface area contributed by atoms with Crippen molar-refractivity contribution in [2.24, 2.45) is 0 Å².